The Balaban J connectivity index is 1.38. The third-order valence-corrected chi connectivity index (χ3v) is 7.18. The number of likely N-dealkylation sites (tertiary alicyclic amines) is 1. The van der Waals surface area contributed by atoms with Crippen LogP contribution in [0.25, 0.3) is 0 Å². The van der Waals surface area contributed by atoms with Crippen molar-refractivity contribution in [1.82, 2.24) is 9.80 Å². The summed E-state index contributed by atoms with van der Waals surface area (Å²) in [5.41, 5.74) is 7.42. The highest BCUT2D eigenvalue weighted by Crippen LogP contribution is 2.43. The Morgan fingerprint density at radius 2 is 1.83 bits per heavy atom. The van der Waals surface area contributed by atoms with Gasteiger partial charge in [-0.1, -0.05) is 6.07 Å². The van der Waals surface area contributed by atoms with Crippen LogP contribution in [0.15, 0.2) is 18.2 Å². The van der Waals surface area contributed by atoms with E-state index in [1.54, 1.807) is 20.8 Å². The van der Waals surface area contributed by atoms with Gasteiger partial charge in [-0.15, -0.1) is 0 Å². The molecule has 2 fully saturated rings. The standard InChI is InChI=1S/C25H34N4O6/c1-24(2,3)35-20(30)7-6-19(21(26)31)29-13-16-4-5-17(12-18(16)22(29)32)28-14-25(15-28)8-10-27(11-9-25)23(33)34/h4-5,12,19H,6-11,13-15H2,1-3H3,(H2,26,31)(H,33,34). The van der Waals surface area contributed by atoms with Crippen molar-refractivity contribution < 1.29 is 29.0 Å². The molecular formula is C25H34N4O6. The number of hydrogen-bond acceptors (Lipinski definition) is 6. The minimum absolute atomic E-state index is 0.00851. The van der Waals surface area contributed by atoms with Gasteiger partial charge in [-0.25, -0.2) is 4.79 Å². The first-order valence-electron chi connectivity index (χ1n) is 12.1. The monoisotopic (exact) mass is 486 g/mol. The molecule has 1 aromatic carbocycles. The summed E-state index contributed by atoms with van der Waals surface area (Å²) >= 11 is 0. The van der Waals surface area contributed by atoms with Gasteiger partial charge >= 0.3 is 12.1 Å². The molecule has 1 aromatic rings. The lowest BCUT2D eigenvalue weighted by molar-refractivity contribution is -0.155. The number of primary amides is 1. The SMILES string of the molecule is CC(C)(C)OC(=O)CCC(C(N)=O)N1Cc2ccc(N3CC4(CCN(C(=O)O)CC4)C3)cc2C1=O. The number of fused-ring (bicyclic) bond motifs is 1. The van der Waals surface area contributed by atoms with Crippen LogP contribution in [-0.2, 0) is 20.9 Å². The van der Waals surface area contributed by atoms with E-state index in [1.165, 1.54) is 9.80 Å². The second-order valence-electron chi connectivity index (χ2n) is 10.9. The second kappa shape index (κ2) is 9.05. The van der Waals surface area contributed by atoms with Gasteiger partial charge in [0, 0.05) is 55.8 Å². The smallest absolute Gasteiger partial charge is 0.407 e. The summed E-state index contributed by atoms with van der Waals surface area (Å²) < 4.78 is 5.31. The topological polar surface area (TPSA) is 133 Å². The Kier molecular flexibility index (Phi) is 6.42. The first-order valence-corrected chi connectivity index (χ1v) is 12.1. The fourth-order valence-corrected chi connectivity index (χ4v) is 5.29. The van der Waals surface area contributed by atoms with E-state index in [2.05, 4.69) is 4.90 Å². The van der Waals surface area contributed by atoms with Gasteiger partial charge in [0.2, 0.25) is 5.91 Å². The van der Waals surface area contributed by atoms with Crippen molar-refractivity contribution in [2.75, 3.05) is 31.1 Å². The maximum Gasteiger partial charge on any atom is 0.407 e. The van der Waals surface area contributed by atoms with Crippen molar-refractivity contribution in [2.45, 2.75) is 64.6 Å². The normalized spacial score (nSPS) is 19.9. The Hall–Kier alpha value is -3.30. The molecule has 3 aliphatic rings. The van der Waals surface area contributed by atoms with Crippen molar-refractivity contribution in [3.63, 3.8) is 0 Å². The van der Waals surface area contributed by atoms with E-state index in [1.807, 2.05) is 18.2 Å². The number of amides is 3. The summed E-state index contributed by atoms with van der Waals surface area (Å²) in [4.78, 5) is 53.8. The lowest BCUT2D eigenvalue weighted by Gasteiger charge is -2.54. The highest BCUT2D eigenvalue weighted by atomic mass is 16.6. The molecule has 3 N–H and O–H groups in total. The van der Waals surface area contributed by atoms with E-state index in [9.17, 15) is 24.3 Å². The number of carboxylic acid groups (broad SMARTS) is 1. The zero-order valence-corrected chi connectivity index (χ0v) is 20.6. The molecule has 0 saturated carbocycles. The highest BCUT2D eigenvalue weighted by Gasteiger charge is 2.46. The zero-order chi connectivity index (χ0) is 25.5. The molecule has 2 saturated heterocycles. The van der Waals surface area contributed by atoms with Crippen LogP contribution in [-0.4, -0.2) is 76.6 Å². The summed E-state index contributed by atoms with van der Waals surface area (Å²) in [5, 5.41) is 9.17. The number of carbonyl (C=O) groups excluding carboxylic acids is 3. The molecule has 1 spiro atoms. The molecule has 0 bridgehead atoms. The number of benzene rings is 1. The molecule has 4 rings (SSSR count). The van der Waals surface area contributed by atoms with Gasteiger partial charge in [-0.05, 0) is 57.7 Å². The summed E-state index contributed by atoms with van der Waals surface area (Å²) in [6, 6.07) is 4.86. The molecule has 35 heavy (non-hydrogen) atoms. The van der Waals surface area contributed by atoms with E-state index >= 15 is 0 Å². The number of nitrogens with two attached hydrogens (primary N) is 1. The molecule has 1 unspecified atom stereocenters. The van der Waals surface area contributed by atoms with Gasteiger partial charge in [-0.3, -0.25) is 14.4 Å². The van der Waals surface area contributed by atoms with Crippen LogP contribution in [0.5, 0.6) is 0 Å². The number of carbonyl (C=O) groups is 4. The van der Waals surface area contributed by atoms with Crippen LogP contribution in [0, 0.1) is 5.41 Å². The van der Waals surface area contributed by atoms with Crippen molar-refractivity contribution >= 4 is 29.6 Å². The van der Waals surface area contributed by atoms with Crippen LogP contribution in [0.1, 0.15) is 62.4 Å². The maximum absolute atomic E-state index is 13.2. The Labute approximate surface area is 205 Å². The van der Waals surface area contributed by atoms with E-state index in [0.29, 0.717) is 18.7 Å². The van der Waals surface area contributed by atoms with Gasteiger partial charge < -0.3 is 30.3 Å². The van der Waals surface area contributed by atoms with Crippen molar-refractivity contribution in [3.05, 3.63) is 29.3 Å². The lowest BCUT2D eigenvalue weighted by atomic mass is 9.72. The highest BCUT2D eigenvalue weighted by molar-refractivity contribution is 6.01. The number of esters is 1. The molecule has 0 aromatic heterocycles. The largest absolute Gasteiger partial charge is 0.465 e. The number of nitrogens with zero attached hydrogens (tertiary/aromatic N) is 3. The van der Waals surface area contributed by atoms with Crippen molar-refractivity contribution in [1.29, 1.82) is 0 Å². The van der Waals surface area contributed by atoms with E-state index in [0.717, 1.165) is 37.2 Å². The van der Waals surface area contributed by atoms with Crippen molar-refractivity contribution in [2.24, 2.45) is 11.1 Å². The molecule has 10 heteroatoms. The van der Waals surface area contributed by atoms with E-state index in [4.69, 9.17) is 10.5 Å². The van der Waals surface area contributed by atoms with E-state index < -0.39 is 29.6 Å². The average Bonchev–Trinajstić information content (AvgIpc) is 3.06. The maximum atomic E-state index is 13.2. The van der Waals surface area contributed by atoms with Gasteiger partial charge in [-0.2, -0.15) is 0 Å². The minimum atomic E-state index is -0.891. The molecule has 190 valence electrons. The number of hydrogen-bond donors (Lipinski definition) is 2. The molecule has 1 atom stereocenters. The second-order valence-corrected chi connectivity index (χ2v) is 10.9. The predicted molar refractivity (Wildman–Crippen MR) is 128 cm³/mol. The van der Waals surface area contributed by atoms with Crippen LogP contribution < -0.4 is 10.6 Å². The average molecular weight is 487 g/mol. The molecule has 3 aliphatic heterocycles. The number of ether oxygens (including phenoxy) is 1. The van der Waals surface area contributed by atoms with Gasteiger partial charge in [0.25, 0.3) is 5.91 Å². The number of anilines is 1. The van der Waals surface area contributed by atoms with Gasteiger partial charge in [0.1, 0.15) is 11.6 Å². The predicted octanol–water partition coefficient (Wildman–Crippen LogP) is 2.20. The molecule has 3 heterocycles. The van der Waals surface area contributed by atoms with Gasteiger partial charge in [0.15, 0.2) is 0 Å². The van der Waals surface area contributed by atoms with Gasteiger partial charge in [0.05, 0.1) is 0 Å². The first-order chi connectivity index (χ1) is 16.4. The lowest BCUT2D eigenvalue weighted by Crippen LogP contribution is -2.61. The fourth-order valence-electron chi connectivity index (χ4n) is 5.29. The Bertz CT molecular complexity index is 1030. The molecule has 3 amide bonds. The Morgan fingerprint density at radius 3 is 2.40 bits per heavy atom. The summed E-state index contributed by atoms with van der Waals surface area (Å²) in [6.45, 7) is 8.35. The third kappa shape index (κ3) is 5.21. The molecule has 0 aliphatic carbocycles. The summed E-state index contributed by atoms with van der Waals surface area (Å²) in [6.07, 6.45) is 0.916. The molecular weight excluding hydrogens is 452 g/mol. The fraction of sp³-hybridized carbons (Fsp3) is 0.600. The zero-order valence-electron chi connectivity index (χ0n) is 20.6. The molecule has 10 nitrogen and oxygen atoms in total. The van der Waals surface area contributed by atoms with Crippen LogP contribution >= 0.6 is 0 Å². The summed E-state index contributed by atoms with van der Waals surface area (Å²) in [7, 11) is 0. The first kappa shape index (κ1) is 24.8. The van der Waals surface area contributed by atoms with E-state index in [-0.39, 0.29) is 30.7 Å². The van der Waals surface area contributed by atoms with Crippen LogP contribution in [0.3, 0.4) is 0 Å². The quantitative estimate of drug-likeness (QED) is 0.589. The van der Waals surface area contributed by atoms with Crippen molar-refractivity contribution in [3.8, 4) is 0 Å². The minimum Gasteiger partial charge on any atom is -0.465 e. The van der Waals surface area contributed by atoms with Crippen LogP contribution in [0.2, 0.25) is 0 Å². The Morgan fingerprint density at radius 1 is 1.17 bits per heavy atom. The summed E-state index contributed by atoms with van der Waals surface area (Å²) in [5.74, 6) is -1.34. The van der Waals surface area contributed by atoms with Crippen LogP contribution in [0.4, 0.5) is 10.5 Å². The number of piperidine rings is 1. The number of rotatable bonds is 6. The molecule has 0 radical (unpaired) electrons. The third-order valence-electron chi connectivity index (χ3n) is 7.18.